The summed E-state index contributed by atoms with van der Waals surface area (Å²) in [6.07, 6.45) is 0. The van der Waals surface area contributed by atoms with Crippen molar-refractivity contribution >= 4 is 21.4 Å². The molecule has 1 aromatic carbocycles. The topological polar surface area (TPSA) is 0 Å². The Hall–Kier alpha value is -0.820. The number of benzene rings is 1. The molecule has 0 saturated carbocycles. The van der Waals surface area contributed by atoms with Crippen molar-refractivity contribution < 1.29 is 0 Å². The third-order valence-electron chi connectivity index (χ3n) is 3.50. The van der Waals surface area contributed by atoms with Gasteiger partial charge in [0, 0.05) is 9.58 Å². The van der Waals surface area contributed by atoms with E-state index in [4.69, 9.17) is 0 Å². The molecule has 0 fully saturated rings. The Morgan fingerprint density at radius 1 is 0.941 bits per heavy atom. The molecule has 0 atom stereocenters. The largest absolute Gasteiger partial charge is 0.140 e. The second-order valence-electron chi connectivity index (χ2n) is 5.59. The molecule has 0 aliphatic carbocycles. The minimum atomic E-state index is 0.615. The number of hydrogen-bond donors (Lipinski definition) is 0. The molecular weight excluding hydrogens is 224 g/mol. The number of thiophene rings is 1. The van der Waals surface area contributed by atoms with Crippen LogP contribution in [0, 0.1) is 13.8 Å². The van der Waals surface area contributed by atoms with Crippen LogP contribution in [-0.4, -0.2) is 0 Å². The highest BCUT2D eigenvalue weighted by molar-refractivity contribution is 7.19. The van der Waals surface area contributed by atoms with Crippen molar-refractivity contribution in [1.82, 2.24) is 0 Å². The Bertz CT molecular complexity index is 544. The molecule has 0 aliphatic heterocycles. The van der Waals surface area contributed by atoms with E-state index in [1.807, 2.05) is 11.3 Å². The van der Waals surface area contributed by atoms with E-state index in [0.29, 0.717) is 11.8 Å². The molecule has 0 saturated heterocycles. The van der Waals surface area contributed by atoms with Gasteiger partial charge in [0.2, 0.25) is 0 Å². The maximum Gasteiger partial charge on any atom is 0.0351 e. The van der Waals surface area contributed by atoms with Crippen molar-refractivity contribution in [2.24, 2.45) is 0 Å². The summed E-state index contributed by atoms with van der Waals surface area (Å²) in [7, 11) is 0. The lowest BCUT2D eigenvalue weighted by Gasteiger charge is -2.11. The van der Waals surface area contributed by atoms with E-state index in [0.717, 1.165) is 0 Å². The fourth-order valence-electron chi connectivity index (χ4n) is 2.75. The number of rotatable bonds is 2. The highest BCUT2D eigenvalue weighted by Gasteiger charge is 2.14. The zero-order valence-corrected chi connectivity index (χ0v) is 12.5. The molecule has 92 valence electrons. The highest BCUT2D eigenvalue weighted by atomic mass is 32.1. The maximum atomic E-state index is 2.40. The first-order chi connectivity index (χ1) is 7.91. The monoisotopic (exact) mass is 246 g/mol. The van der Waals surface area contributed by atoms with Gasteiger partial charge >= 0.3 is 0 Å². The molecule has 1 heteroatoms. The number of hydrogen-bond acceptors (Lipinski definition) is 1. The molecule has 0 bridgehead atoms. The summed E-state index contributed by atoms with van der Waals surface area (Å²) in [6, 6.07) is 4.79. The van der Waals surface area contributed by atoms with Crippen LogP contribution < -0.4 is 0 Å². The van der Waals surface area contributed by atoms with Crippen LogP contribution >= 0.6 is 11.3 Å². The molecule has 0 nitrogen and oxygen atoms in total. The zero-order valence-electron chi connectivity index (χ0n) is 11.7. The molecule has 0 amide bonds. The van der Waals surface area contributed by atoms with Crippen molar-refractivity contribution in [3.63, 3.8) is 0 Å². The average molecular weight is 246 g/mol. The van der Waals surface area contributed by atoms with Gasteiger partial charge in [-0.05, 0) is 53.8 Å². The third-order valence-corrected chi connectivity index (χ3v) is 4.58. The fraction of sp³-hybridized carbons (Fsp3) is 0.500. The lowest BCUT2D eigenvalue weighted by atomic mass is 9.93. The molecule has 17 heavy (non-hydrogen) atoms. The van der Waals surface area contributed by atoms with Crippen molar-refractivity contribution in [1.29, 1.82) is 0 Å². The first kappa shape index (κ1) is 12.6. The summed E-state index contributed by atoms with van der Waals surface area (Å²) < 4.78 is 1.46. The Morgan fingerprint density at radius 2 is 1.59 bits per heavy atom. The lowest BCUT2D eigenvalue weighted by Crippen LogP contribution is -1.93. The van der Waals surface area contributed by atoms with E-state index in [1.165, 1.54) is 26.1 Å². The van der Waals surface area contributed by atoms with Gasteiger partial charge in [-0.1, -0.05) is 33.8 Å². The second kappa shape index (κ2) is 4.45. The number of aryl methyl sites for hydroxylation is 2. The van der Waals surface area contributed by atoms with Gasteiger partial charge in [0.1, 0.15) is 0 Å². The van der Waals surface area contributed by atoms with Crippen molar-refractivity contribution in [2.75, 3.05) is 0 Å². The molecule has 2 aromatic rings. The molecule has 0 aliphatic rings. The van der Waals surface area contributed by atoms with Crippen LogP contribution in [0.2, 0.25) is 0 Å². The van der Waals surface area contributed by atoms with Crippen LogP contribution in [-0.2, 0) is 0 Å². The first-order valence-electron chi connectivity index (χ1n) is 6.45. The summed E-state index contributed by atoms with van der Waals surface area (Å²) in [4.78, 5) is 1.48. The van der Waals surface area contributed by atoms with Gasteiger partial charge in [-0.3, -0.25) is 0 Å². The van der Waals surface area contributed by atoms with Crippen LogP contribution in [0.5, 0.6) is 0 Å². The molecule has 0 spiro atoms. The smallest absolute Gasteiger partial charge is 0.0351 e. The molecule has 1 aromatic heterocycles. The Kier molecular flexibility index (Phi) is 3.31. The second-order valence-corrected chi connectivity index (χ2v) is 6.84. The van der Waals surface area contributed by atoms with Gasteiger partial charge in [0.15, 0.2) is 0 Å². The van der Waals surface area contributed by atoms with E-state index < -0.39 is 0 Å². The van der Waals surface area contributed by atoms with Gasteiger partial charge in [-0.15, -0.1) is 11.3 Å². The van der Waals surface area contributed by atoms with Gasteiger partial charge in [0.25, 0.3) is 0 Å². The summed E-state index contributed by atoms with van der Waals surface area (Å²) in [5, 5.41) is 1.48. The number of fused-ring (bicyclic) bond motifs is 1. The van der Waals surface area contributed by atoms with Crippen molar-refractivity contribution in [3.05, 3.63) is 33.7 Å². The van der Waals surface area contributed by atoms with Gasteiger partial charge in [-0.25, -0.2) is 0 Å². The van der Waals surface area contributed by atoms with E-state index >= 15 is 0 Å². The van der Waals surface area contributed by atoms with E-state index in [1.54, 1.807) is 5.56 Å². The van der Waals surface area contributed by atoms with E-state index in [9.17, 15) is 0 Å². The Morgan fingerprint density at radius 3 is 2.12 bits per heavy atom. The molecular formula is C16H22S. The summed E-state index contributed by atoms with van der Waals surface area (Å²) >= 11 is 1.95. The standard InChI is InChI=1S/C16H22S/c1-9(2)13-8-15-14(7-11(13)5)16(10(3)4)12(6)17-15/h7-10H,1-6H3. The van der Waals surface area contributed by atoms with Crippen molar-refractivity contribution in [3.8, 4) is 0 Å². The van der Waals surface area contributed by atoms with Crippen LogP contribution in [0.4, 0.5) is 0 Å². The molecule has 2 rings (SSSR count). The minimum Gasteiger partial charge on any atom is -0.140 e. The maximum absolute atomic E-state index is 2.40. The Labute approximate surface area is 109 Å². The zero-order chi connectivity index (χ0) is 12.7. The lowest BCUT2D eigenvalue weighted by molar-refractivity contribution is 0.857. The van der Waals surface area contributed by atoms with Gasteiger partial charge in [-0.2, -0.15) is 0 Å². The average Bonchev–Trinajstić information content (AvgIpc) is 2.51. The first-order valence-corrected chi connectivity index (χ1v) is 7.27. The predicted molar refractivity (Wildman–Crippen MR) is 79.5 cm³/mol. The quantitative estimate of drug-likeness (QED) is 0.631. The molecule has 0 unspecified atom stereocenters. The van der Waals surface area contributed by atoms with E-state index in [-0.39, 0.29) is 0 Å². The van der Waals surface area contributed by atoms with Gasteiger partial charge < -0.3 is 0 Å². The summed E-state index contributed by atoms with van der Waals surface area (Å²) in [6.45, 7) is 13.6. The summed E-state index contributed by atoms with van der Waals surface area (Å²) in [5.74, 6) is 1.23. The SMILES string of the molecule is Cc1cc2c(C(C)C)c(C)sc2cc1C(C)C. The predicted octanol–water partition coefficient (Wildman–Crippen LogP) is 5.76. The van der Waals surface area contributed by atoms with Gasteiger partial charge in [0.05, 0.1) is 0 Å². The normalized spacial score (nSPS) is 12.0. The molecule has 0 N–H and O–H groups in total. The molecule has 0 radical (unpaired) electrons. The minimum absolute atomic E-state index is 0.615. The van der Waals surface area contributed by atoms with Crippen LogP contribution in [0.3, 0.4) is 0 Å². The van der Waals surface area contributed by atoms with Crippen LogP contribution in [0.25, 0.3) is 10.1 Å². The fourth-order valence-corrected chi connectivity index (χ4v) is 4.00. The third kappa shape index (κ3) is 2.13. The van der Waals surface area contributed by atoms with Crippen LogP contribution in [0.1, 0.15) is 61.1 Å². The van der Waals surface area contributed by atoms with Crippen LogP contribution in [0.15, 0.2) is 12.1 Å². The molecule has 1 heterocycles. The van der Waals surface area contributed by atoms with Crippen molar-refractivity contribution in [2.45, 2.75) is 53.4 Å². The van der Waals surface area contributed by atoms with E-state index in [2.05, 4.69) is 53.7 Å². The highest BCUT2D eigenvalue weighted by Crippen LogP contribution is 2.38. The Balaban J connectivity index is 2.74. The summed E-state index contributed by atoms with van der Waals surface area (Å²) in [5.41, 5.74) is 4.48.